The quantitative estimate of drug-likeness (QED) is 0.829. The normalized spacial score (nSPS) is 10.2. The van der Waals surface area contributed by atoms with Crippen LogP contribution in [-0.4, -0.2) is 4.99 Å². The molecular formula is C14H11BrClNOS. The number of halogens is 2. The lowest BCUT2D eigenvalue weighted by Gasteiger charge is -2.09. The van der Waals surface area contributed by atoms with E-state index >= 15 is 0 Å². The van der Waals surface area contributed by atoms with Gasteiger partial charge in [-0.1, -0.05) is 57.9 Å². The van der Waals surface area contributed by atoms with Crippen molar-refractivity contribution < 1.29 is 4.74 Å². The fourth-order valence-corrected chi connectivity index (χ4v) is 2.28. The molecular weight excluding hydrogens is 346 g/mol. The maximum atomic E-state index is 6.17. The third kappa shape index (κ3) is 3.93. The molecule has 2 aromatic rings. The number of hydrogen-bond acceptors (Lipinski definition) is 2. The molecule has 0 unspecified atom stereocenters. The molecule has 2 N–H and O–H groups in total. The summed E-state index contributed by atoms with van der Waals surface area (Å²) in [4.78, 5) is 0.335. The van der Waals surface area contributed by atoms with Crippen LogP contribution in [0.3, 0.4) is 0 Å². The Hall–Kier alpha value is -1.10. The molecule has 0 aliphatic rings. The molecule has 0 spiro atoms. The highest BCUT2D eigenvalue weighted by Crippen LogP contribution is 2.22. The Morgan fingerprint density at radius 2 is 2.05 bits per heavy atom. The molecule has 19 heavy (non-hydrogen) atoms. The van der Waals surface area contributed by atoms with E-state index in [2.05, 4.69) is 15.9 Å². The first kappa shape index (κ1) is 14.3. The van der Waals surface area contributed by atoms with Crippen molar-refractivity contribution >= 4 is 44.7 Å². The predicted octanol–water partition coefficient (Wildman–Crippen LogP) is 4.32. The Labute approximate surface area is 130 Å². The van der Waals surface area contributed by atoms with E-state index in [4.69, 9.17) is 34.3 Å². The molecule has 0 bridgehead atoms. The average molecular weight is 357 g/mol. The van der Waals surface area contributed by atoms with Gasteiger partial charge in [-0.05, 0) is 24.3 Å². The highest BCUT2D eigenvalue weighted by molar-refractivity contribution is 9.10. The van der Waals surface area contributed by atoms with Gasteiger partial charge in [0, 0.05) is 20.6 Å². The minimum absolute atomic E-state index is 0.335. The van der Waals surface area contributed by atoms with Gasteiger partial charge in [0.15, 0.2) is 0 Å². The van der Waals surface area contributed by atoms with E-state index in [0.717, 1.165) is 21.3 Å². The second kappa shape index (κ2) is 6.37. The van der Waals surface area contributed by atoms with Gasteiger partial charge in [0.05, 0.1) is 0 Å². The highest BCUT2D eigenvalue weighted by atomic mass is 79.9. The molecule has 98 valence electrons. The minimum Gasteiger partial charge on any atom is -0.489 e. The lowest BCUT2D eigenvalue weighted by molar-refractivity contribution is 0.306. The molecule has 2 aromatic carbocycles. The standard InChI is InChI=1S/C14H11BrClNOS/c15-11-2-1-3-12(7-11)18-8-10-5-4-9(14(17)19)6-13(10)16/h1-7H,8H2,(H2,17,19). The average Bonchev–Trinajstić information content (AvgIpc) is 2.37. The zero-order valence-electron chi connectivity index (χ0n) is 9.90. The van der Waals surface area contributed by atoms with Crippen molar-refractivity contribution in [1.82, 2.24) is 0 Å². The van der Waals surface area contributed by atoms with Crippen molar-refractivity contribution in [2.75, 3.05) is 0 Å². The summed E-state index contributed by atoms with van der Waals surface area (Å²) >= 11 is 14.5. The summed E-state index contributed by atoms with van der Waals surface area (Å²) in [6, 6.07) is 13.1. The van der Waals surface area contributed by atoms with Crippen molar-refractivity contribution in [3.63, 3.8) is 0 Å². The molecule has 0 aliphatic carbocycles. The first-order valence-corrected chi connectivity index (χ1v) is 7.11. The van der Waals surface area contributed by atoms with E-state index in [1.165, 1.54) is 0 Å². The number of nitrogens with two attached hydrogens (primary N) is 1. The Balaban J connectivity index is 2.10. The SMILES string of the molecule is NC(=S)c1ccc(COc2cccc(Br)c2)c(Cl)c1. The van der Waals surface area contributed by atoms with Gasteiger partial charge in [-0.25, -0.2) is 0 Å². The van der Waals surface area contributed by atoms with Crippen molar-refractivity contribution in [2.24, 2.45) is 5.73 Å². The largest absolute Gasteiger partial charge is 0.489 e. The Morgan fingerprint density at radius 3 is 2.68 bits per heavy atom. The Morgan fingerprint density at radius 1 is 1.26 bits per heavy atom. The second-order valence-corrected chi connectivity index (χ2v) is 5.68. The van der Waals surface area contributed by atoms with Crippen LogP contribution in [0.25, 0.3) is 0 Å². The lowest BCUT2D eigenvalue weighted by Crippen LogP contribution is -2.09. The first-order chi connectivity index (χ1) is 9.06. The van der Waals surface area contributed by atoms with Gasteiger partial charge in [-0.3, -0.25) is 0 Å². The van der Waals surface area contributed by atoms with Crippen molar-refractivity contribution in [3.05, 3.63) is 63.1 Å². The maximum Gasteiger partial charge on any atom is 0.120 e. The molecule has 0 heterocycles. The maximum absolute atomic E-state index is 6.17. The van der Waals surface area contributed by atoms with Crippen LogP contribution in [0, 0.1) is 0 Å². The van der Waals surface area contributed by atoms with Crippen LogP contribution in [-0.2, 0) is 6.61 Å². The Bertz CT molecular complexity index is 618. The third-order valence-electron chi connectivity index (χ3n) is 2.53. The van der Waals surface area contributed by atoms with Gasteiger partial charge in [0.25, 0.3) is 0 Å². The molecule has 0 saturated heterocycles. The summed E-state index contributed by atoms with van der Waals surface area (Å²) in [7, 11) is 0. The van der Waals surface area contributed by atoms with Crippen molar-refractivity contribution in [1.29, 1.82) is 0 Å². The molecule has 0 aromatic heterocycles. The fourth-order valence-electron chi connectivity index (χ4n) is 1.54. The van der Waals surface area contributed by atoms with E-state index in [1.54, 1.807) is 6.07 Å². The molecule has 2 nitrogen and oxygen atoms in total. The molecule has 2 rings (SSSR count). The summed E-state index contributed by atoms with van der Waals surface area (Å²) < 4.78 is 6.65. The predicted molar refractivity (Wildman–Crippen MR) is 85.8 cm³/mol. The molecule has 0 fully saturated rings. The summed E-state index contributed by atoms with van der Waals surface area (Å²) in [5.74, 6) is 0.781. The smallest absolute Gasteiger partial charge is 0.120 e. The number of ether oxygens (including phenoxy) is 1. The van der Waals surface area contributed by atoms with Gasteiger partial charge in [-0.2, -0.15) is 0 Å². The van der Waals surface area contributed by atoms with E-state index in [1.807, 2.05) is 36.4 Å². The molecule has 0 aliphatic heterocycles. The topological polar surface area (TPSA) is 35.2 Å². The zero-order valence-corrected chi connectivity index (χ0v) is 13.1. The van der Waals surface area contributed by atoms with Crippen LogP contribution in [0.4, 0.5) is 0 Å². The number of benzene rings is 2. The van der Waals surface area contributed by atoms with Crippen LogP contribution in [0.5, 0.6) is 5.75 Å². The highest BCUT2D eigenvalue weighted by Gasteiger charge is 2.05. The van der Waals surface area contributed by atoms with Crippen molar-refractivity contribution in [3.8, 4) is 5.75 Å². The molecule has 0 amide bonds. The number of hydrogen-bond donors (Lipinski definition) is 1. The second-order valence-electron chi connectivity index (χ2n) is 3.92. The van der Waals surface area contributed by atoms with Crippen LogP contribution in [0.2, 0.25) is 5.02 Å². The van der Waals surface area contributed by atoms with Crippen molar-refractivity contribution in [2.45, 2.75) is 6.61 Å². The summed E-state index contributed by atoms with van der Waals surface area (Å²) in [6.45, 7) is 0.396. The van der Waals surface area contributed by atoms with Crippen LogP contribution in [0.1, 0.15) is 11.1 Å². The van der Waals surface area contributed by atoms with Gasteiger partial charge in [-0.15, -0.1) is 0 Å². The third-order valence-corrected chi connectivity index (χ3v) is 3.61. The summed E-state index contributed by atoms with van der Waals surface area (Å²) in [5, 5.41) is 0.597. The van der Waals surface area contributed by atoms with E-state index in [0.29, 0.717) is 16.6 Å². The van der Waals surface area contributed by atoms with Crippen LogP contribution < -0.4 is 10.5 Å². The van der Waals surface area contributed by atoms with Crippen LogP contribution >= 0.6 is 39.7 Å². The molecule has 0 atom stereocenters. The molecule has 0 radical (unpaired) electrons. The minimum atomic E-state index is 0.335. The zero-order chi connectivity index (χ0) is 13.8. The van der Waals surface area contributed by atoms with Gasteiger partial charge >= 0.3 is 0 Å². The number of thiocarbonyl (C=S) groups is 1. The first-order valence-electron chi connectivity index (χ1n) is 5.53. The lowest BCUT2D eigenvalue weighted by atomic mass is 10.1. The van der Waals surface area contributed by atoms with E-state index in [9.17, 15) is 0 Å². The van der Waals surface area contributed by atoms with E-state index < -0.39 is 0 Å². The number of rotatable bonds is 4. The molecule has 5 heteroatoms. The van der Waals surface area contributed by atoms with Gasteiger partial charge in [0.1, 0.15) is 17.3 Å². The monoisotopic (exact) mass is 355 g/mol. The van der Waals surface area contributed by atoms with Gasteiger partial charge < -0.3 is 10.5 Å². The molecule has 0 saturated carbocycles. The Kier molecular flexibility index (Phi) is 4.80. The van der Waals surface area contributed by atoms with E-state index in [-0.39, 0.29) is 0 Å². The summed E-state index contributed by atoms with van der Waals surface area (Å²) in [5.41, 5.74) is 7.20. The van der Waals surface area contributed by atoms with Gasteiger partial charge in [0.2, 0.25) is 0 Å². The van der Waals surface area contributed by atoms with Crippen LogP contribution in [0.15, 0.2) is 46.9 Å². The fraction of sp³-hybridized carbons (Fsp3) is 0.0714. The summed E-state index contributed by atoms with van der Waals surface area (Å²) in [6.07, 6.45) is 0.